The van der Waals surface area contributed by atoms with Gasteiger partial charge in [0.05, 0.1) is 0 Å². The number of nitrogens with zero attached hydrogens (tertiary/aromatic N) is 1. The van der Waals surface area contributed by atoms with E-state index in [9.17, 15) is 0 Å². The highest BCUT2D eigenvalue weighted by Crippen LogP contribution is 2.42. The maximum atomic E-state index is 6.53. The third kappa shape index (κ3) is 4.48. The van der Waals surface area contributed by atoms with Crippen LogP contribution in [0.1, 0.15) is 0 Å². The molecule has 8 aromatic carbocycles. The Balaban J connectivity index is 1.00. The zero-order valence-corrected chi connectivity index (χ0v) is 27.9. The Kier molecular flexibility index (Phi) is 6.22. The molecule has 0 saturated carbocycles. The molecule has 0 unspecified atom stereocenters. The topological polar surface area (TPSA) is 42.7 Å². The summed E-state index contributed by atoms with van der Waals surface area (Å²) in [5.41, 5.74) is 12.9. The van der Waals surface area contributed by atoms with Gasteiger partial charge in [0.15, 0.2) is 0 Å². The van der Waals surface area contributed by atoms with Gasteiger partial charge in [-0.1, -0.05) is 84.9 Å². The Hall–Kier alpha value is -7.04. The van der Waals surface area contributed by atoms with Gasteiger partial charge in [0.2, 0.25) is 0 Å². The van der Waals surface area contributed by atoms with Crippen LogP contribution >= 0.6 is 0 Å². The summed E-state index contributed by atoms with van der Waals surface area (Å²) in [7, 11) is 0. The van der Waals surface area contributed by atoms with Gasteiger partial charge in [-0.3, -0.25) is 0 Å². The second-order valence-corrected chi connectivity index (χ2v) is 13.3. The number of hydrogen-bond donors (Lipinski definition) is 0. The van der Waals surface area contributed by atoms with Crippen LogP contribution in [-0.4, -0.2) is 0 Å². The number of furan rings is 3. The van der Waals surface area contributed by atoms with Gasteiger partial charge in [0, 0.05) is 55.4 Å². The number of rotatable bonds is 5. The molecule has 0 aliphatic carbocycles. The highest BCUT2D eigenvalue weighted by Gasteiger charge is 2.18. The summed E-state index contributed by atoms with van der Waals surface area (Å²) in [5.74, 6) is 0. The number of hydrogen-bond acceptors (Lipinski definition) is 4. The second kappa shape index (κ2) is 11.2. The van der Waals surface area contributed by atoms with Crippen LogP contribution in [0.15, 0.2) is 189 Å². The molecule has 0 aliphatic rings. The van der Waals surface area contributed by atoms with Gasteiger partial charge < -0.3 is 18.2 Å². The molecular formula is C48H29NO3. The molecule has 0 aliphatic heterocycles. The quantitative estimate of drug-likeness (QED) is 0.183. The molecule has 0 fully saturated rings. The minimum Gasteiger partial charge on any atom is -0.456 e. The zero-order valence-electron chi connectivity index (χ0n) is 27.9. The first-order valence-corrected chi connectivity index (χ1v) is 17.5. The Labute approximate surface area is 298 Å². The first kappa shape index (κ1) is 28.8. The minimum absolute atomic E-state index is 0.850. The molecule has 11 aromatic rings. The fourth-order valence-electron chi connectivity index (χ4n) is 7.83. The normalized spacial score (nSPS) is 11.8. The van der Waals surface area contributed by atoms with Crippen LogP contribution in [0.25, 0.3) is 88.1 Å². The van der Waals surface area contributed by atoms with E-state index < -0.39 is 0 Å². The van der Waals surface area contributed by atoms with Gasteiger partial charge >= 0.3 is 0 Å². The van der Waals surface area contributed by atoms with Crippen LogP contribution < -0.4 is 4.90 Å². The molecule has 0 amide bonds. The van der Waals surface area contributed by atoms with Crippen LogP contribution in [-0.2, 0) is 0 Å². The third-order valence-electron chi connectivity index (χ3n) is 10.3. The number of para-hydroxylation sites is 3. The monoisotopic (exact) mass is 667 g/mol. The minimum atomic E-state index is 0.850. The van der Waals surface area contributed by atoms with Gasteiger partial charge in [0.1, 0.15) is 33.5 Å². The van der Waals surface area contributed by atoms with E-state index >= 15 is 0 Å². The van der Waals surface area contributed by atoms with Crippen LogP contribution in [0, 0.1) is 0 Å². The summed E-state index contributed by atoms with van der Waals surface area (Å²) in [6, 6.07) is 61.3. The first-order chi connectivity index (χ1) is 25.7. The summed E-state index contributed by atoms with van der Waals surface area (Å²) in [5, 5.41) is 6.60. The van der Waals surface area contributed by atoms with E-state index in [2.05, 4.69) is 157 Å². The van der Waals surface area contributed by atoms with Crippen molar-refractivity contribution in [3.8, 4) is 22.3 Å². The summed E-state index contributed by atoms with van der Waals surface area (Å²) in [6.07, 6.45) is 0. The van der Waals surface area contributed by atoms with Crippen molar-refractivity contribution < 1.29 is 13.3 Å². The second-order valence-electron chi connectivity index (χ2n) is 13.3. The molecular weight excluding hydrogens is 639 g/mol. The Morgan fingerprint density at radius 3 is 1.62 bits per heavy atom. The van der Waals surface area contributed by atoms with Crippen molar-refractivity contribution in [3.05, 3.63) is 176 Å². The lowest BCUT2D eigenvalue weighted by Crippen LogP contribution is -2.09. The maximum absolute atomic E-state index is 6.53. The van der Waals surface area contributed by atoms with Gasteiger partial charge in [-0.05, 0) is 107 Å². The Morgan fingerprint density at radius 1 is 0.288 bits per heavy atom. The van der Waals surface area contributed by atoms with Crippen molar-refractivity contribution in [2.75, 3.05) is 4.90 Å². The molecule has 244 valence electrons. The van der Waals surface area contributed by atoms with Gasteiger partial charge in [0.25, 0.3) is 0 Å². The van der Waals surface area contributed by atoms with Crippen molar-refractivity contribution in [1.82, 2.24) is 0 Å². The molecule has 0 radical (unpaired) electrons. The summed E-state index contributed by atoms with van der Waals surface area (Å²) >= 11 is 0. The van der Waals surface area contributed by atoms with Crippen molar-refractivity contribution in [1.29, 1.82) is 0 Å². The molecule has 4 nitrogen and oxygen atoms in total. The molecule has 0 N–H and O–H groups in total. The lowest BCUT2D eigenvalue weighted by atomic mass is 9.96. The van der Waals surface area contributed by atoms with Crippen LogP contribution in [0.3, 0.4) is 0 Å². The van der Waals surface area contributed by atoms with Crippen LogP contribution in [0.4, 0.5) is 17.1 Å². The summed E-state index contributed by atoms with van der Waals surface area (Å²) < 4.78 is 19.1. The Morgan fingerprint density at radius 2 is 0.827 bits per heavy atom. The van der Waals surface area contributed by atoms with E-state index in [1.54, 1.807) is 0 Å². The predicted molar refractivity (Wildman–Crippen MR) is 214 cm³/mol. The Bertz CT molecular complexity index is 3090. The molecule has 3 aromatic heterocycles. The van der Waals surface area contributed by atoms with Gasteiger partial charge in [-0.25, -0.2) is 0 Å². The average Bonchev–Trinajstić information content (AvgIpc) is 3.89. The van der Waals surface area contributed by atoms with Crippen molar-refractivity contribution in [2.45, 2.75) is 0 Å². The van der Waals surface area contributed by atoms with E-state index in [0.717, 1.165) is 105 Å². The number of anilines is 3. The molecule has 52 heavy (non-hydrogen) atoms. The molecule has 0 spiro atoms. The van der Waals surface area contributed by atoms with Crippen LogP contribution in [0.2, 0.25) is 0 Å². The van der Waals surface area contributed by atoms with Crippen molar-refractivity contribution in [3.63, 3.8) is 0 Å². The lowest BCUT2D eigenvalue weighted by molar-refractivity contribution is 0.668. The molecule has 3 heterocycles. The van der Waals surface area contributed by atoms with Crippen molar-refractivity contribution >= 4 is 82.9 Å². The highest BCUT2D eigenvalue weighted by atomic mass is 16.3. The first-order valence-electron chi connectivity index (χ1n) is 17.5. The van der Waals surface area contributed by atoms with E-state index in [1.165, 1.54) is 0 Å². The van der Waals surface area contributed by atoms with E-state index in [0.29, 0.717) is 0 Å². The SMILES string of the molecule is c1ccc(N(c2ccccc2)c2ccc3c(c2)oc2ccc(-c4cccc5oc6cc(-c7ccc8oc9ccccc9c8c7)ccc6c45)cc23)cc1. The van der Waals surface area contributed by atoms with Crippen molar-refractivity contribution in [2.24, 2.45) is 0 Å². The smallest absolute Gasteiger partial charge is 0.137 e. The predicted octanol–water partition coefficient (Wildman–Crippen LogP) is 14.2. The molecule has 0 saturated heterocycles. The average molecular weight is 668 g/mol. The fourth-order valence-corrected chi connectivity index (χ4v) is 7.83. The molecule has 0 atom stereocenters. The standard InChI is InChI=1S/C48H29NO3/c1-3-10-33(11-4-1)49(34-12-5-2-6-13-34)35-21-23-38-41-27-32(20-25-44(41)51-47(38)29-35)36-15-9-17-45-48(36)39-22-18-31(28-46(39)52-45)30-19-24-43-40(26-30)37-14-7-8-16-42(37)50-43/h1-29H. The summed E-state index contributed by atoms with van der Waals surface area (Å²) in [4.78, 5) is 2.26. The van der Waals surface area contributed by atoms with Crippen LogP contribution in [0.5, 0.6) is 0 Å². The number of fused-ring (bicyclic) bond motifs is 9. The summed E-state index contributed by atoms with van der Waals surface area (Å²) in [6.45, 7) is 0. The van der Waals surface area contributed by atoms with Gasteiger partial charge in [-0.15, -0.1) is 0 Å². The maximum Gasteiger partial charge on any atom is 0.137 e. The zero-order chi connectivity index (χ0) is 34.2. The van der Waals surface area contributed by atoms with Gasteiger partial charge in [-0.2, -0.15) is 0 Å². The van der Waals surface area contributed by atoms with E-state index in [-0.39, 0.29) is 0 Å². The van der Waals surface area contributed by atoms with E-state index in [1.807, 2.05) is 24.3 Å². The molecule has 11 rings (SSSR count). The number of benzene rings is 8. The highest BCUT2D eigenvalue weighted by molar-refractivity contribution is 6.15. The lowest BCUT2D eigenvalue weighted by Gasteiger charge is -2.25. The molecule has 0 bridgehead atoms. The van der Waals surface area contributed by atoms with E-state index in [4.69, 9.17) is 13.3 Å². The third-order valence-corrected chi connectivity index (χ3v) is 10.3. The fraction of sp³-hybridized carbons (Fsp3) is 0. The molecule has 4 heteroatoms. The largest absolute Gasteiger partial charge is 0.456 e.